The fraction of sp³-hybridized carbons (Fsp3) is 0.158. The number of carbonyl (C=O) groups is 2. The fourth-order valence-corrected chi connectivity index (χ4v) is 2.30. The molecule has 0 spiro atoms. The summed E-state index contributed by atoms with van der Waals surface area (Å²) in [7, 11) is 0. The van der Waals surface area contributed by atoms with E-state index in [9.17, 15) is 22.8 Å². The number of benzene rings is 1. The Kier molecular flexibility index (Phi) is 5.53. The first-order chi connectivity index (χ1) is 13.3. The number of ether oxygens (including phenoxy) is 1. The van der Waals surface area contributed by atoms with E-state index in [1.54, 1.807) is 12.1 Å². The van der Waals surface area contributed by atoms with Gasteiger partial charge in [0.1, 0.15) is 11.5 Å². The number of furan rings is 2. The molecule has 1 aromatic carbocycles. The molecule has 9 heteroatoms. The molecule has 0 radical (unpaired) electrons. The third kappa shape index (κ3) is 4.81. The van der Waals surface area contributed by atoms with E-state index in [4.69, 9.17) is 13.6 Å². The Morgan fingerprint density at radius 2 is 1.89 bits per heavy atom. The van der Waals surface area contributed by atoms with Crippen LogP contribution in [-0.2, 0) is 22.3 Å². The van der Waals surface area contributed by atoms with E-state index in [1.165, 1.54) is 30.5 Å². The Bertz CT molecular complexity index is 960. The average molecular weight is 393 g/mol. The van der Waals surface area contributed by atoms with Crippen LogP contribution < -0.4 is 5.32 Å². The lowest BCUT2D eigenvalue weighted by molar-refractivity contribution is -0.137. The molecule has 1 N–H and O–H groups in total. The molecule has 0 bridgehead atoms. The molecule has 0 aliphatic rings. The highest BCUT2D eigenvalue weighted by Gasteiger charge is 2.30. The van der Waals surface area contributed by atoms with E-state index in [-0.39, 0.29) is 23.6 Å². The molecule has 0 fully saturated rings. The molecule has 0 atom stereocenters. The zero-order valence-electron chi connectivity index (χ0n) is 14.3. The van der Waals surface area contributed by atoms with Gasteiger partial charge in [-0.15, -0.1) is 0 Å². The summed E-state index contributed by atoms with van der Waals surface area (Å²) in [5.74, 6) is -1.08. The van der Waals surface area contributed by atoms with Gasteiger partial charge < -0.3 is 18.9 Å². The summed E-state index contributed by atoms with van der Waals surface area (Å²) >= 11 is 0. The van der Waals surface area contributed by atoms with Crippen LogP contribution in [0.3, 0.4) is 0 Å². The smallest absolute Gasteiger partial charge is 0.416 e. The van der Waals surface area contributed by atoms with Gasteiger partial charge in [0, 0.05) is 5.56 Å². The standard InChI is InChI=1S/C19H14F3NO5/c20-19(21,22)13-4-1-3-12(9-13)15-6-7-16(28-15)18(25)27-11-17(24)23-10-14-5-2-8-26-14/h1-9H,10-11H2,(H,23,24). The highest BCUT2D eigenvalue weighted by Crippen LogP contribution is 2.32. The highest BCUT2D eigenvalue weighted by atomic mass is 19.4. The maximum absolute atomic E-state index is 12.8. The summed E-state index contributed by atoms with van der Waals surface area (Å²) in [6.07, 6.45) is -3.03. The first kappa shape index (κ1) is 19.3. The fourth-order valence-electron chi connectivity index (χ4n) is 2.30. The Balaban J connectivity index is 1.57. The van der Waals surface area contributed by atoms with Crippen molar-refractivity contribution in [1.82, 2.24) is 5.32 Å². The second kappa shape index (κ2) is 8.03. The minimum Gasteiger partial charge on any atom is -0.467 e. The van der Waals surface area contributed by atoms with Gasteiger partial charge in [0.05, 0.1) is 18.4 Å². The van der Waals surface area contributed by atoms with Gasteiger partial charge in [0.25, 0.3) is 5.91 Å². The molecular formula is C19H14F3NO5. The second-order valence-corrected chi connectivity index (χ2v) is 5.67. The molecule has 2 heterocycles. The topological polar surface area (TPSA) is 81.7 Å². The first-order valence-corrected chi connectivity index (χ1v) is 8.06. The van der Waals surface area contributed by atoms with Crippen LogP contribution in [0.15, 0.2) is 63.6 Å². The monoisotopic (exact) mass is 393 g/mol. The SMILES string of the molecule is O=C(COC(=O)c1ccc(-c2cccc(C(F)(F)F)c2)o1)NCc1ccco1. The molecule has 146 valence electrons. The highest BCUT2D eigenvalue weighted by molar-refractivity contribution is 5.89. The maximum Gasteiger partial charge on any atom is 0.416 e. The van der Waals surface area contributed by atoms with Crippen LogP contribution in [0.2, 0.25) is 0 Å². The minimum absolute atomic E-state index is 0.0697. The number of nitrogens with one attached hydrogen (secondary N) is 1. The third-order valence-corrected chi connectivity index (χ3v) is 3.66. The summed E-state index contributed by atoms with van der Waals surface area (Å²) in [5.41, 5.74) is -0.677. The molecule has 3 rings (SSSR count). The second-order valence-electron chi connectivity index (χ2n) is 5.67. The van der Waals surface area contributed by atoms with E-state index in [1.807, 2.05) is 0 Å². The Morgan fingerprint density at radius 1 is 1.07 bits per heavy atom. The molecule has 0 aliphatic heterocycles. The molecule has 0 saturated heterocycles. The summed E-state index contributed by atoms with van der Waals surface area (Å²) in [6.45, 7) is -0.400. The Labute approximate surface area is 156 Å². The van der Waals surface area contributed by atoms with Gasteiger partial charge in [0.15, 0.2) is 6.61 Å². The lowest BCUT2D eigenvalue weighted by Gasteiger charge is -2.07. The van der Waals surface area contributed by atoms with E-state index < -0.39 is 30.2 Å². The van der Waals surface area contributed by atoms with Gasteiger partial charge in [-0.25, -0.2) is 4.79 Å². The van der Waals surface area contributed by atoms with Crippen LogP contribution in [0.25, 0.3) is 11.3 Å². The van der Waals surface area contributed by atoms with Crippen LogP contribution >= 0.6 is 0 Å². The van der Waals surface area contributed by atoms with Crippen molar-refractivity contribution in [2.75, 3.05) is 6.61 Å². The number of halogens is 3. The van der Waals surface area contributed by atoms with Gasteiger partial charge in [-0.3, -0.25) is 4.79 Å². The van der Waals surface area contributed by atoms with E-state index in [2.05, 4.69) is 5.32 Å². The number of rotatable bonds is 6. The van der Waals surface area contributed by atoms with Gasteiger partial charge in [-0.2, -0.15) is 13.2 Å². The Morgan fingerprint density at radius 3 is 2.61 bits per heavy atom. The molecule has 2 aromatic heterocycles. The number of hydrogen-bond donors (Lipinski definition) is 1. The molecule has 0 unspecified atom stereocenters. The molecule has 28 heavy (non-hydrogen) atoms. The van der Waals surface area contributed by atoms with Gasteiger partial charge >= 0.3 is 12.1 Å². The number of hydrogen-bond acceptors (Lipinski definition) is 5. The van der Waals surface area contributed by atoms with Crippen LogP contribution in [0.1, 0.15) is 21.9 Å². The van der Waals surface area contributed by atoms with Crippen molar-refractivity contribution in [2.24, 2.45) is 0 Å². The lowest BCUT2D eigenvalue weighted by atomic mass is 10.1. The van der Waals surface area contributed by atoms with Crippen LogP contribution in [0, 0.1) is 0 Å². The molecule has 1 amide bonds. The van der Waals surface area contributed by atoms with Crippen molar-refractivity contribution >= 4 is 11.9 Å². The average Bonchev–Trinajstić information content (AvgIpc) is 3.35. The van der Waals surface area contributed by atoms with Crippen molar-refractivity contribution in [1.29, 1.82) is 0 Å². The van der Waals surface area contributed by atoms with Crippen molar-refractivity contribution in [3.05, 3.63) is 71.9 Å². The molecule has 0 saturated carbocycles. The zero-order valence-corrected chi connectivity index (χ0v) is 14.3. The summed E-state index contributed by atoms with van der Waals surface area (Å²) in [6, 6.07) is 10.5. The van der Waals surface area contributed by atoms with E-state index in [0.717, 1.165) is 12.1 Å². The van der Waals surface area contributed by atoms with Crippen molar-refractivity contribution in [3.8, 4) is 11.3 Å². The molecule has 6 nitrogen and oxygen atoms in total. The van der Waals surface area contributed by atoms with E-state index in [0.29, 0.717) is 5.76 Å². The largest absolute Gasteiger partial charge is 0.467 e. The van der Waals surface area contributed by atoms with Gasteiger partial charge in [-0.05, 0) is 36.4 Å². The summed E-state index contributed by atoms with van der Waals surface area (Å²) < 4.78 is 53.5. The predicted octanol–water partition coefficient (Wildman–Crippen LogP) is 4.03. The maximum atomic E-state index is 12.8. The summed E-state index contributed by atoms with van der Waals surface area (Å²) in [5, 5.41) is 2.50. The number of amides is 1. The quantitative estimate of drug-likeness (QED) is 0.640. The lowest BCUT2D eigenvalue weighted by Crippen LogP contribution is -2.28. The Hall–Kier alpha value is -3.49. The number of esters is 1. The molecular weight excluding hydrogens is 379 g/mol. The van der Waals surface area contributed by atoms with Crippen LogP contribution in [0.5, 0.6) is 0 Å². The number of carbonyl (C=O) groups excluding carboxylic acids is 2. The van der Waals surface area contributed by atoms with Crippen molar-refractivity contribution < 1.29 is 36.3 Å². The van der Waals surface area contributed by atoms with Gasteiger partial charge in [-0.1, -0.05) is 12.1 Å². The van der Waals surface area contributed by atoms with Crippen molar-refractivity contribution in [2.45, 2.75) is 12.7 Å². The molecule has 3 aromatic rings. The zero-order chi connectivity index (χ0) is 20.1. The number of alkyl halides is 3. The first-order valence-electron chi connectivity index (χ1n) is 8.06. The third-order valence-electron chi connectivity index (χ3n) is 3.66. The van der Waals surface area contributed by atoms with Crippen molar-refractivity contribution in [3.63, 3.8) is 0 Å². The summed E-state index contributed by atoms with van der Waals surface area (Å²) in [4.78, 5) is 23.6. The van der Waals surface area contributed by atoms with E-state index >= 15 is 0 Å². The normalized spacial score (nSPS) is 11.2. The van der Waals surface area contributed by atoms with Crippen LogP contribution in [0.4, 0.5) is 13.2 Å². The van der Waals surface area contributed by atoms with Gasteiger partial charge in [0.2, 0.25) is 5.76 Å². The predicted molar refractivity (Wildman–Crippen MR) is 90.0 cm³/mol. The minimum atomic E-state index is -4.49. The molecule has 0 aliphatic carbocycles. The van der Waals surface area contributed by atoms with Crippen LogP contribution in [-0.4, -0.2) is 18.5 Å².